The van der Waals surface area contributed by atoms with Crippen molar-refractivity contribution in [3.63, 3.8) is 0 Å². The zero-order valence-corrected chi connectivity index (χ0v) is 10.4. The smallest absolute Gasteiger partial charge is 0.312 e. The lowest BCUT2D eigenvalue weighted by molar-refractivity contribution is -0.153. The Balaban J connectivity index is 5.39. The molecule has 0 bridgehead atoms. The molecule has 6 nitrogen and oxygen atoms in total. The second kappa shape index (κ2) is 4.80. The summed E-state index contributed by atoms with van der Waals surface area (Å²) in [5.74, 6) is -1.76. The number of nitrogens with two attached hydrogens (primary N) is 3. The highest BCUT2D eigenvalue weighted by Gasteiger charge is 2.41. The van der Waals surface area contributed by atoms with Crippen LogP contribution >= 0.6 is 0 Å². The Morgan fingerprint density at radius 3 is 1.50 bits per heavy atom. The molecule has 0 aromatic rings. The molecule has 0 aromatic carbocycles. The van der Waals surface area contributed by atoms with Crippen molar-refractivity contribution in [2.75, 3.05) is 13.1 Å². The zero-order chi connectivity index (χ0) is 13.1. The fraction of sp³-hybridized carbons (Fsp3) is 0.800. The van der Waals surface area contributed by atoms with Gasteiger partial charge in [-0.15, -0.1) is 0 Å². The number of hydrogen-bond acceptors (Lipinski definition) is 4. The fourth-order valence-electron chi connectivity index (χ4n) is 1.66. The van der Waals surface area contributed by atoms with E-state index in [9.17, 15) is 9.59 Å². The number of primary amides is 1. The highest BCUT2D eigenvalue weighted by Crippen LogP contribution is 2.24. The molecule has 6 heteroatoms. The van der Waals surface area contributed by atoms with Gasteiger partial charge >= 0.3 is 11.8 Å². The minimum Gasteiger partial charge on any atom is -0.361 e. The van der Waals surface area contributed by atoms with Gasteiger partial charge in [-0.05, 0) is 27.7 Å². The Hall–Kier alpha value is -1.14. The van der Waals surface area contributed by atoms with E-state index >= 15 is 0 Å². The highest BCUT2D eigenvalue weighted by molar-refractivity contribution is 6.34. The number of amides is 2. The van der Waals surface area contributed by atoms with Gasteiger partial charge in [-0.3, -0.25) is 9.59 Å². The summed E-state index contributed by atoms with van der Waals surface area (Å²) >= 11 is 0. The normalized spacial score (nSPS) is 12.4. The van der Waals surface area contributed by atoms with Crippen LogP contribution in [0.15, 0.2) is 0 Å². The molecule has 0 rings (SSSR count). The first-order valence-electron chi connectivity index (χ1n) is 5.14. The molecule has 0 heterocycles. The SMILES string of the molecule is CC(C)(CN)N(C(=O)C(N)=O)C(C)(C)CN. The maximum atomic E-state index is 11.8. The standard InChI is InChI=1S/C10H22N4O2/c1-9(2,5-11)14(8(16)7(13)15)10(3,4)6-12/h5-6,11-12H2,1-4H3,(H2,13,15). The maximum Gasteiger partial charge on any atom is 0.312 e. The monoisotopic (exact) mass is 230 g/mol. The van der Waals surface area contributed by atoms with Crippen LogP contribution in [0.3, 0.4) is 0 Å². The third-order valence-corrected chi connectivity index (χ3v) is 2.62. The molecule has 0 aromatic heterocycles. The Morgan fingerprint density at radius 2 is 1.31 bits per heavy atom. The molecule has 0 saturated heterocycles. The lowest BCUT2D eigenvalue weighted by Crippen LogP contribution is -2.65. The molecule has 16 heavy (non-hydrogen) atoms. The van der Waals surface area contributed by atoms with Gasteiger partial charge in [0.2, 0.25) is 0 Å². The lowest BCUT2D eigenvalue weighted by Gasteiger charge is -2.47. The molecular formula is C10H22N4O2. The fourth-order valence-corrected chi connectivity index (χ4v) is 1.66. The van der Waals surface area contributed by atoms with Gasteiger partial charge in [-0.1, -0.05) is 0 Å². The van der Waals surface area contributed by atoms with Crippen LogP contribution in [0.1, 0.15) is 27.7 Å². The van der Waals surface area contributed by atoms with E-state index in [2.05, 4.69) is 0 Å². The third-order valence-electron chi connectivity index (χ3n) is 2.62. The summed E-state index contributed by atoms with van der Waals surface area (Å²) in [4.78, 5) is 24.2. The number of hydrogen-bond donors (Lipinski definition) is 3. The summed E-state index contributed by atoms with van der Waals surface area (Å²) in [5.41, 5.74) is 14.9. The van der Waals surface area contributed by atoms with Crippen LogP contribution in [0.25, 0.3) is 0 Å². The lowest BCUT2D eigenvalue weighted by atomic mass is 9.92. The van der Waals surface area contributed by atoms with Gasteiger partial charge < -0.3 is 22.1 Å². The third kappa shape index (κ3) is 2.93. The molecule has 0 aliphatic heterocycles. The molecule has 0 aliphatic carbocycles. The zero-order valence-electron chi connectivity index (χ0n) is 10.4. The molecule has 6 N–H and O–H groups in total. The van der Waals surface area contributed by atoms with Crippen LogP contribution in [-0.2, 0) is 9.59 Å². The first-order valence-corrected chi connectivity index (χ1v) is 5.14. The number of carbonyl (C=O) groups is 2. The van der Waals surface area contributed by atoms with E-state index in [1.165, 1.54) is 4.90 Å². The maximum absolute atomic E-state index is 11.8. The average Bonchev–Trinajstić information content (AvgIpc) is 2.17. The minimum absolute atomic E-state index is 0.218. The Kier molecular flexibility index (Phi) is 4.45. The molecule has 0 spiro atoms. The topological polar surface area (TPSA) is 115 Å². The van der Waals surface area contributed by atoms with Gasteiger partial charge in [0.05, 0.1) is 11.1 Å². The van der Waals surface area contributed by atoms with Gasteiger partial charge in [-0.2, -0.15) is 0 Å². The molecule has 94 valence electrons. The summed E-state index contributed by atoms with van der Waals surface area (Å²) in [6, 6.07) is 0. The molecular weight excluding hydrogens is 208 g/mol. The van der Waals surface area contributed by atoms with Gasteiger partial charge in [0.25, 0.3) is 0 Å². The van der Waals surface area contributed by atoms with Crippen LogP contribution in [0.5, 0.6) is 0 Å². The number of carbonyl (C=O) groups excluding carboxylic acids is 2. The van der Waals surface area contributed by atoms with Crippen molar-refractivity contribution in [3.05, 3.63) is 0 Å². The van der Waals surface area contributed by atoms with Crippen LogP contribution in [0, 0.1) is 0 Å². The quantitative estimate of drug-likeness (QED) is 0.525. The Bertz CT molecular complexity index is 271. The van der Waals surface area contributed by atoms with Crippen LogP contribution in [0.4, 0.5) is 0 Å². The molecule has 0 fully saturated rings. The molecule has 2 amide bonds. The second-order valence-corrected chi connectivity index (χ2v) is 5.04. The van der Waals surface area contributed by atoms with Crippen molar-refractivity contribution in [1.29, 1.82) is 0 Å². The van der Waals surface area contributed by atoms with E-state index in [4.69, 9.17) is 17.2 Å². The molecule has 0 saturated carbocycles. The Morgan fingerprint density at radius 1 is 1.00 bits per heavy atom. The van der Waals surface area contributed by atoms with Crippen molar-refractivity contribution in [1.82, 2.24) is 4.90 Å². The summed E-state index contributed by atoms with van der Waals surface area (Å²) in [6.45, 7) is 7.51. The molecule has 0 radical (unpaired) electrons. The van der Waals surface area contributed by atoms with Gasteiger partial charge in [-0.25, -0.2) is 0 Å². The van der Waals surface area contributed by atoms with E-state index in [0.29, 0.717) is 0 Å². The van der Waals surface area contributed by atoms with Crippen molar-refractivity contribution >= 4 is 11.8 Å². The van der Waals surface area contributed by atoms with Crippen molar-refractivity contribution < 1.29 is 9.59 Å². The van der Waals surface area contributed by atoms with Gasteiger partial charge in [0.15, 0.2) is 0 Å². The van der Waals surface area contributed by atoms with Crippen molar-refractivity contribution in [2.24, 2.45) is 17.2 Å². The second-order valence-electron chi connectivity index (χ2n) is 5.04. The van der Waals surface area contributed by atoms with Crippen LogP contribution < -0.4 is 17.2 Å². The average molecular weight is 230 g/mol. The molecule has 0 aliphatic rings. The predicted octanol–water partition coefficient (Wildman–Crippen LogP) is -1.23. The first-order chi connectivity index (χ1) is 7.10. The first kappa shape index (κ1) is 14.9. The Labute approximate surface area is 96.1 Å². The van der Waals surface area contributed by atoms with E-state index in [1.807, 2.05) is 0 Å². The summed E-state index contributed by atoms with van der Waals surface area (Å²) in [6.07, 6.45) is 0. The van der Waals surface area contributed by atoms with Crippen molar-refractivity contribution in [2.45, 2.75) is 38.8 Å². The van der Waals surface area contributed by atoms with E-state index in [0.717, 1.165) is 0 Å². The number of nitrogens with zero attached hydrogens (tertiary/aromatic N) is 1. The van der Waals surface area contributed by atoms with E-state index < -0.39 is 22.9 Å². The van der Waals surface area contributed by atoms with E-state index in [-0.39, 0.29) is 13.1 Å². The summed E-state index contributed by atoms with van der Waals surface area (Å²) < 4.78 is 0. The molecule has 0 atom stereocenters. The number of rotatable bonds is 4. The molecule has 0 unspecified atom stereocenters. The summed E-state index contributed by atoms with van der Waals surface area (Å²) in [7, 11) is 0. The van der Waals surface area contributed by atoms with Crippen LogP contribution in [0.2, 0.25) is 0 Å². The van der Waals surface area contributed by atoms with Gasteiger partial charge in [0.1, 0.15) is 0 Å². The van der Waals surface area contributed by atoms with Crippen molar-refractivity contribution in [3.8, 4) is 0 Å². The largest absolute Gasteiger partial charge is 0.361 e. The minimum atomic E-state index is -0.997. The summed E-state index contributed by atoms with van der Waals surface area (Å²) in [5, 5.41) is 0. The van der Waals surface area contributed by atoms with E-state index in [1.54, 1.807) is 27.7 Å². The van der Waals surface area contributed by atoms with Gasteiger partial charge in [0, 0.05) is 13.1 Å². The van der Waals surface area contributed by atoms with Crippen LogP contribution in [-0.4, -0.2) is 40.9 Å². The predicted molar refractivity (Wildman–Crippen MR) is 62.3 cm³/mol. The highest BCUT2D eigenvalue weighted by atomic mass is 16.2.